The molecule has 132 heavy (non-hydrogen) atoms. The van der Waals surface area contributed by atoms with E-state index in [1.807, 2.05) is 0 Å². The Hall–Kier alpha value is -5.54. The Morgan fingerprint density at radius 3 is 0.356 bits per heavy atom. The van der Waals surface area contributed by atoms with E-state index in [1.165, 1.54) is 97.1 Å². The third-order valence-electron chi connectivity index (χ3n) is 23.1. The Labute approximate surface area is 784 Å². The molecule has 6 aliphatic rings. The Morgan fingerprint density at radius 2 is 0.265 bits per heavy atom. The third-order valence-corrected chi connectivity index (χ3v) is 83.7. The highest BCUT2D eigenvalue weighted by molar-refractivity contribution is 7.88. The van der Waals surface area contributed by atoms with E-state index in [0.29, 0.717) is 0 Å². The molecule has 0 aliphatic carbocycles. The third kappa shape index (κ3) is 26.7. The first-order chi connectivity index (χ1) is 62.1. The quantitative estimate of drug-likeness (QED) is 0.0194. The van der Waals surface area contributed by atoms with Crippen molar-refractivity contribution >= 4 is 149 Å². The summed E-state index contributed by atoms with van der Waals surface area (Å²) < 4.78 is 346. The lowest BCUT2D eigenvalue weighted by Crippen LogP contribution is -2.85. The molecule has 8 aromatic rings. The maximum atomic E-state index is 14.4. The topological polar surface area (TPSA) is 421 Å². The van der Waals surface area contributed by atoms with E-state index < -0.39 is 202 Å². The van der Waals surface area contributed by atoms with Crippen LogP contribution in [0.15, 0.2) is 233 Å². The second-order valence-corrected chi connectivity index (χ2v) is 78.0. The molecular formula is C84H112O32S8Si8. The molecule has 6 saturated heterocycles. The highest BCUT2D eigenvalue weighted by atomic mass is 32.3. The van der Waals surface area contributed by atoms with Crippen molar-refractivity contribution in [3.63, 3.8) is 0 Å². The largest absolute Gasteiger partial charge is 0.415 e. The summed E-state index contributed by atoms with van der Waals surface area (Å²) in [5.41, 5.74) is 4.69. The fourth-order valence-corrected chi connectivity index (χ4v) is 96.3. The van der Waals surface area contributed by atoms with Crippen molar-refractivity contribution in [3.8, 4) is 0 Å². The normalized spacial score (nSPS) is 24.2. The van der Waals surface area contributed by atoms with Gasteiger partial charge in [0.2, 0.25) is 0 Å². The molecule has 6 heterocycles. The van der Waals surface area contributed by atoms with E-state index in [1.54, 1.807) is 152 Å². The van der Waals surface area contributed by atoms with Crippen molar-refractivity contribution in [1.29, 1.82) is 0 Å². The molecule has 8 aromatic carbocycles. The number of hydrogen-bond donors (Lipinski definition) is 0. The molecule has 0 amide bonds. The maximum absolute atomic E-state index is 14.4. The average molecular weight is 2120 g/mol. The zero-order chi connectivity index (χ0) is 95.0. The van der Waals surface area contributed by atoms with Crippen LogP contribution < -0.4 is 0 Å². The van der Waals surface area contributed by atoms with Crippen molar-refractivity contribution in [3.05, 3.63) is 239 Å². The highest BCUT2D eigenvalue weighted by Gasteiger charge is 2.78. The zero-order valence-electron chi connectivity index (χ0n) is 74.6. The summed E-state index contributed by atoms with van der Waals surface area (Å²) in [6, 6.07) is 46.2. The SMILES string of the molecule is Cc1ccc(S(=O)(=O)OCCC[Si]23C[Si]4(CCCOS(=O)(=O)c5ccc(C)cc5)O[Si]5(CCCOS(=O)(=O)c6ccc(C)cc6)C[Si]6(CCCOS(=O)(=O)c7ccc(C)cc7)O[Si](CCCOS(=O)(=O)c7ccc(C)cc7)(C[Si](CCCOS(=O)(=O)c7ccc(C)cc7)(O2)O5)O[Si](CCCOS(=O)(=O)c2ccc(C)cc2)(C[Si](CCCOS(=O)(=O)c2ccc(C)cc2)(O4)O6)O3)cc1. The van der Waals surface area contributed by atoms with E-state index >= 15 is 0 Å². The fraction of sp³-hybridized carbons (Fsp3) is 0.429. The average Bonchev–Trinajstić information content (AvgIpc) is 0.684. The van der Waals surface area contributed by atoms with Gasteiger partial charge in [0.1, 0.15) is 0 Å². The number of aryl methyl sites for hydroxylation is 8. The maximum Gasteiger partial charge on any atom is 0.322 e. The van der Waals surface area contributed by atoms with E-state index in [2.05, 4.69) is 0 Å². The molecule has 14 rings (SSSR count). The lowest BCUT2D eigenvalue weighted by molar-refractivity contribution is 0.155. The van der Waals surface area contributed by atoms with E-state index in [9.17, 15) is 67.3 Å². The lowest BCUT2D eigenvalue weighted by Gasteiger charge is -2.66. The second kappa shape index (κ2) is 42.3. The van der Waals surface area contributed by atoms with Crippen LogP contribution in [0.2, 0.25) is 71.0 Å². The van der Waals surface area contributed by atoms with Crippen molar-refractivity contribution in [2.75, 3.05) is 52.9 Å². The number of hydrogen-bond acceptors (Lipinski definition) is 32. The molecule has 0 unspecified atom stereocenters. The van der Waals surface area contributed by atoms with Crippen molar-refractivity contribution in [2.45, 2.75) is 217 Å². The second-order valence-electron chi connectivity index (χ2n) is 34.4. The fourth-order valence-electron chi connectivity index (χ4n) is 16.9. The molecule has 0 atom stereocenters. The number of benzene rings is 8. The molecule has 6 fully saturated rings. The predicted molar refractivity (Wildman–Crippen MR) is 504 cm³/mol. The van der Waals surface area contributed by atoms with Crippen molar-refractivity contribution in [2.24, 2.45) is 0 Å². The predicted octanol–water partition coefficient (Wildman–Crippen LogP) is 14.7. The van der Waals surface area contributed by atoms with Crippen molar-refractivity contribution < 1.29 is 134 Å². The molecule has 0 N–H and O–H groups in total. The molecule has 0 aromatic heterocycles. The van der Waals surface area contributed by atoms with Gasteiger partial charge in [0.15, 0.2) is 0 Å². The van der Waals surface area contributed by atoms with E-state index in [-0.39, 0.29) is 162 Å². The van der Waals surface area contributed by atoms with Crippen LogP contribution in [-0.2, 0) is 147 Å². The minimum Gasteiger partial charge on any atom is -0.415 e. The summed E-state index contributed by atoms with van der Waals surface area (Å²) in [4.78, 5) is -1.32. The minimum atomic E-state index is -4.81. The lowest BCUT2D eigenvalue weighted by atomic mass is 10.2. The Morgan fingerprint density at radius 1 is 0.174 bits per heavy atom. The summed E-state index contributed by atoms with van der Waals surface area (Å²) in [6.45, 7) is 9.99. The summed E-state index contributed by atoms with van der Waals surface area (Å²) >= 11 is 0. The highest BCUT2D eigenvalue weighted by Crippen LogP contribution is 2.59. The van der Waals surface area contributed by atoms with Gasteiger partial charge in [-0.2, -0.15) is 67.3 Å². The van der Waals surface area contributed by atoms with Gasteiger partial charge >= 0.3 is 68.5 Å². The Bertz CT molecular complexity index is 5100. The molecule has 0 saturated carbocycles. The van der Waals surface area contributed by atoms with Crippen LogP contribution >= 0.6 is 0 Å². The van der Waals surface area contributed by atoms with Gasteiger partial charge in [0.05, 0.1) is 92.0 Å². The monoisotopic (exact) mass is 2110 g/mol. The Balaban J connectivity index is 1.04. The smallest absolute Gasteiger partial charge is 0.322 e. The van der Waals surface area contributed by atoms with Crippen LogP contribution in [0.25, 0.3) is 0 Å². The van der Waals surface area contributed by atoms with E-state index in [4.69, 9.17) is 66.4 Å². The molecule has 6 aliphatic heterocycles. The van der Waals surface area contributed by atoms with Crippen LogP contribution in [0.1, 0.15) is 95.9 Å². The summed E-state index contributed by atoms with van der Waals surface area (Å²) in [6.07, 6.45) is -1.59. The van der Waals surface area contributed by atoms with Gasteiger partial charge in [-0.05, 0) is 252 Å². The van der Waals surface area contributed by atoms with Crippen LogP contribution in [-0.4, -0.2) is 189 Å². The van der Waals surface area contributed by atoms with Crippen LogP contribution in [0, 0.1) is 55.4 Å². The van der Waals surface area contributed by atoms with Crippen LogP contribution in [0.5, 0.6) is 0 Å². The standard InChI is InChI=1S/C84H112O32S8Si8/c1-69-17-33-77(34-18-69)117(85,86)101-49-9-57-125-65-126(58-10-50-102-118(87,88)78-35-19-70(2)20-36-78)110-129(61-13-53-105-121(93,94)81-41-25-73(5)26-42-81)66-127(109-125,59-11-51-103-119(89,90)79-37-21-71(3)22-38-79)115-130(62-14-54-106-122(95,96)82-43-27-74(6)28-44-82)67-128(113-125,60-12-52-104-120(91,92)80-39-23-72(4)24-40-80)111-131(114-126,63-15-55-107-123(97,98)83-45-29-75(7)30-46-83)68-132(112-130,116-129)64-16-56-108-124(99,100)84-47-31-76(8)32-48-84/h17-48H,9-16,49-68H2,1-8H3. The summed E-state index contributed by atoms with van der Waals surface area (Å²) in [5, 5.41) is 0. The first-order valence-electron chi connectivity index (χ1n) is 43.4. The number of rotatable bonds is 48. The van der Waals surface area contributed by atoms with Crippen molar-refractivity contribution in [1.82, 2.24) is 0 Å². The minimum absolute atomic E-state index is 0.165. The first-order valence-corrected chi connectivity index (χ1v) is 72.5. The van der Waals surface area contributed by atoms with E-state index in [0.717, 1.165) is 44.5 Å². The zero-order valence-corrected chi connectivity index (χ0v) is 89.1. The van der Waals surface area contributed by atoms with Gasteiger partial charge in [-0.15, -0.1) is 0 Å². The van der Waals surface area contributed by atoms with Gasteiger partial charge in [-0.3, -0.25) is 33.5 Å². The molecule has 32 nitrogen and oxygen atoms in total. The van der Waals surface area contributed by atoms with Gasteiger partial charge in [0, 0.05) is 22.7 Å². The van der Waals surface area contributed by atoms with Gasteiger partial charge in [-0.25, -0.2) is 0 Å². The molecule has 0 spiro atoms. The molecular weight excluding hydrogens is 2000 g/mol. The van der Waals surface area contributed by atoms with Gasteiger partial charge in [-0.1, -0.05) is 142 Å². The Kier molecular flexibility index (Phi) is 33.2. The first kappa shape index (κ1) is 104. The summed E-state index contributed by atoms with van der Waals surface area (Å²) in [5.74, 6) is 0. The summed E-state index contributed by atoms with van der Waals surface area (Å²) in [7, 11) is -74.8. The molecule has 8 bridgehead atoms. The van der Waals surface area contributed by atoms with Crippen LogP contribution in [0.3, 0.4) is 0 Å². The molecule has 720 valence electrons. The van der Waals surface area contributed by atoms with Gasteiger partial charge in [0.25, 0.3) is 80.9 Å². The molecule has 48 heteroatoms. The molecule has 0 radical (unpaired) electrons. The van der Waals surface area contributed by atoms with Crippen LogP contribution in [0.4, 0.5) is 0 Å². The van der Waals surface area contributed by atoms with Gasteiger partial charge < -0.3 is 32.9 Å².